The van der Waals surface area contributed by atoms with Gasteiger partial charge in [0.05, 0.1) is 0 Å². The standard InChI is InChI=1S/2C7H7.C6H16N2.Zn/c2*1-7-5-3-2-4-6-7;1-7(2)5-6-8(3)4;/h2*2-5H,1H3;5-6H2,1-4H3;/q2*-1;;+2. The van der Waals surface area contributed by atoms with Crippen molar-refractivity contribution in [2.75, 3.05) is 41.3 Å². The van der Waals surface area contributed by atoms with Crippen LogP contribution < -0.4 is 0 Å². The van der Waals surface area contributed by atoms with E-state index in [2.05, 4.69) is 50.1 Å². The quantitative estimate of drug-likeness (QED) is 0.606. The maximum absolute atomic E-state index is 3.03. The number of benzene rings is 2. The average Bonchev–Trinajstić information content (AvgIpc) is 2.48. The molecule has 0 N–H and O–H groups in total. The third-order valence-electron chi connectivity index (χ3n) is 2.72. The molecular weight excluding hydrogens is 334 g/mol. The van der Waals surface area contributed by atoms with E-state index >= 15 is 0 Å². The van der Waals surface area contributed by atoms with Crippen molar-refractivity contribution in [3.05, 3.63) is 71.8 Å². The topological polar surface area (TPSA) is 6.48 Å². The van der Waals surface area contributed by atoms with Gasteiger partial charge in [-0.3, -0.25) is 0 Å². The van der Waals surface area contributed by atoms with Crippen molar-refractivity contribution < 1.29 is 19.5 Å². The number of likely N-dealkylation sites (N-methyl/N-ethyl adjacent to an activating group) is 2. The molecule has 0 aliphatic rings. The van der Waals surface area contributed by atoms with Gasteiger partial charge in [0, 0.05) is 13.1 Å². The fourth-order valence-corrected chi connectivity index (χ4v) is 1.37. The van der Waals surface area contributed by atoms with Crippen LogP contribution in [0.1, 0.15) is 11.1 Å². The molecular formula is C20H30N2Zn. The number of nitrogens with zero attached hydrogens (tertiary/aromatic N) is 2. The van der Waals surface area contributed by atoms with Gasteiger partial charge in [-0.05, 0) is 28.2 Å². The summed E-state index contributed by atoms with van der Waals surface area (Å²) >= 11 is 0. The summed E-state index contributed by atoms with van der Waals surface area (Å²) in [5, 5.41) is 0. The molecule has 0 atom stereocenters. The van der Waals surface area contributed by atoms with Crippen molar-refractivity contribution >= 4 is 0 Å². The van der Waals surface area contributed by atoms with Gasteiger partial charge >= 0.3 is 19.5 Å². The molecule has 0 saturated heterocycles. The molecule has 0 saturated carbocycles. The Balaban J connectivity index is 0. The van der Waals surface area contributed by atoms with E-state index in [0.717, 1.165) is 13.1 Å². The molecule has 122 valence electrons. The summed E-state index contributed by atoms with van der Waals surface area (Å²) in [6.07, 6.45) is 0. The first-order valence-corrected chi connectivity index (χ1v) is 7.58. The zero-order valence-electron chi connectivity index (χ0n) is 15.6. The Kier molecular flexibility index (Phi) is 16.7. The summed E-state index contributed by atoms with van der Waals surface area (Å²) in [7, 11) is 8.35. The molecule has 0 heterocycles. The van der Waals surface area contributed by atoms with Crippen molar-refractivity contribution in [2.45, 2.75) is 13.8 Å². The van der Waals surface area contributed by atoms with Crippen LogP contribution in [0, 0.1) is 26.0 Å². The molecule has 23 heavy (non-hydrogen) atoms. The molecule has 2 nitrogen and oxygen atoms in total. The summed E-state index contributed by atoms with van der Waals surface area (Å²) in [6, 6.07) is 21.9. The van der Waals surface area contributed by atoms with Crippen molar-refractivity contribution in [3.63, 3.8) is 0 Å². The molecule has 0 aromatic heterocycles. The Morgan fingerprint density at radius 2 is 1.04 bits per heavy atom. The zero-order valence-corrected chi connectivity index (χ0v) is 18.6. The van der Waals surface area contributed by atoms with Crippen LogP contribution in [0.15, 0.2) is 48.5 Å². The van der Waals surface area contributed by atoms with E-state index in [1.54, 1.807) is 0 Å². The first kappa shape index (κ1) is 24.2. The van der Waals surface area contributed by atoms with Crippen LogP contribution in [0.5, 0.6) is 0 Å². The predicted octanol–water partition coefficient (Wildman–Crippen LogP) is 3.70. The molecule has 0 aliphatic carbocycles. The third-order valence-corrected chi connectivity index (χ3v) is 2.72. The van der Waals surface area contributed by atoms with Crippen LogP contribution in [-0.4, -0.2) is 51.1 Å². The Labute approximate surface area is 156 Å². The van der Waals surface area contributed by atoms with Crippen molar-refractivity contribution in [3.8, 4) is 0 Å². The first-order chi connectivity index (χ1) is 10.4. The summed E-state index contributed by atoms with van der Waals surface area (Å²) in [4.78, 5) is 4.36. The van der Waals surface area contributed by atoms with E-state index in [9.17, 15) is 0 Å². The number of aryl methyl sites for hydroxylation is 2. The molecule has 2 aromatic rings. The van der Waals surface area contributed by atoms with Gasteiger partial charge in [0.15, 0.2) is 0 Å². The molecule has 0 amide bonds. The van der Waals surface area contributed by atoms with E-state index in [1.807, 2.05) is 62.4 Å². The smallest absolute Gasteiger partial charge is 0.308 e. The molecule has 3 heteroatoms. The van der Waals surface area contributed by atoms with Crippen LogP contribution in [0.2, 0.25) is 0 Å². The SMILES string of the molecule is CN(C)CCN(C)C.Cc1[c-]cccc1.Cc1[c-]cccc1.[Zn+2]. The molecule has 2 aromatic carbocycles. The number of rotatable bonds is 3. The minimum atomic E-state index is 0. The minimum absolute atomic E-state index is 0. The van der Waals surface area contributed by atoms with Crippen molar-refractivity contribution in [2.24, 2.45) is 0 Å². The average molecular weight is 364 g/mol. The van der Waals surface area contributed by atoms with Gasteiger partial charge in [-0.1, -0.05) is 13.8 Å². The van der Waals surface area contributed by atoms with Crippen LogP contribution in [0.4, 0.5) is 0 Å². The van der Waals surface area contributed by atoms with E-state index in [1.165, 1.54) is 11.1 Å². The second-order valence-electron chi connectivity index (χ2n) is 5.70. The zero-order chi connectivity index (χ0) is 16.8. The fourth-order valence-electron chi connectivity index (χ4n) is 1.37. The van der Waals surface area contributed by atoms with Gasteiger partial charge in [0.1, 0.15) is 0 Å². The maximum Gasteiger partial charge on any atom is 2.00 e. The van der Waals surface area contributed by atoms with Gasteiger partial charge in [-0.15, -0.1) is 0 Å². The molecule has 0 spiro atoms. The number of hydrogen-bond acceptors (Lipinski definition) is 2. The second kappa shape index (κ2) is 15.9. The van der Waals surface area contributed by atoms with Gasteiger partial charge in [0.2, 0.25) is 0 Å². The van der Waals surface area contributed by atoms with Crippen LogP contribution in [-0.2, 0) is 19.5 Å². The molecule has 0 radical (unpaired) electrons. The Hall–Kier alpha value is -1.02. The molecule has 0 unspecified atom stereocenters. The minimum Gasteiger partial charge on any atom is -0.308 e. The van der Waals surface area contributed by atoms with Gasteiger partial charge in [-0.2, -0.15) is 71.8 Å². The summed E-state index contributed by atoms with van der Waals surface area (Å²) in [5.41, 5.74) is 2.39. The van der Waals surface area contributed by atoms with Gasteiger partial charge < -0.3 is 9.80 Å². The van der Waals surface area contributed by atoms with E-state index < -0.39 is 0 Å². The summed E-state index contributed by atoms with van der Waals surface area (Å²) in [5.74, 6) is 0. The second-order valence-corrected chi connectivity index (χ2v) is 5.70. The normalized spacial score (nSPS) is 9.22. The summed E-state index contributed by atoms with van der Waals surface area (Å²) in [6.45, 7) is 6.35. The fraction of sp³-hybridized carbons (Fsp3) is 0.400. The Morgan fingerprint density at radius 3 is 1.17 bits per heavy atom. The largest absolute Gasteiger partial charge is 2.00 e. The Bertz CT molecular complexity index is 410. The Morgan fingerprint density at radius 1 is 0.696 bits per heavy atom. The van der Waals surface area contributed by atoms with Crippen molar-refractivity contribution in [1.29, 1.82) is 0 Å². The van der Waals surface area contributed by atoms with E-state index in [4.69, 9.17) is 0 Å². The predicted molar refractivity (Wildman–Crippen MR) is 97.1 cm³/mol. The molecule has 0 fully saturated rings. The van der Waals surface area contributed by atoms with Crippen LogP contribution in [0.25, 0.3) is 0 Å². The number of hydrogen-bond donors (Lipinski definition) is 0. The van der Waals surface area contributed by atoms with Gasteiger partial charge in [-0.25, -0.2) is 0 Å². The van der Waals surface area contributed by atoms with Crippen molar-refractivity contribution in [1.82, 2.24) is 9.80 Å². The van der Waals surface area contributed by atoms with Gasteiger partial charge in [0.25, 0.3) is 0 Å². The van der Waals surface area contributed by atoms with Crippen LogP contribution in [0.3, 0.4) is 0 Å². The van der Waals surface area contributed by atoms with E-state index in [-0.39, 0.29) is 19.5 Å². The molecule has 0 bridgehead atoms. The summed E-state index contributed by atoms with van der Waals surface area (Å²) < 4.78 is 0. The third kappa shape index (κ3) is 18.9. The monoisotopic (exact) mass is 362 g/mol. The maximum atomic E-state index is 3.03. The van der Waals surface area contributed by atoms with Crippen LogP contribution >= 0.6 is 0 Å². The molecule has 0 aliphatic heterocycles. The first-order valence-electron chi connectivity index (χ1n) is 7.58. The van der Waals surface area contributed by atoms with E-state index in [0.29, 0.717) is 0 Å². The molecule has 2 rings (SSSR count).